The fourth-order valence-corrected chi connectivity index (χ4v) is 10.9. The van der Waals surface area contributed by atoms with Gasteiger partial charge in [-0.05, 0) is 109 Å². The second-order valence-electron chi connectivity index (χ2n) is 21.4. The number of thiophene rings is 1. The number of imidazole rings is 1. The average molecular weight is 1070 g/mol. The third kappa shape index (κ3) is 12.8. The van der Waals surface area contributed by atoms with E-state index < -0.39 is 28.4 Å². The number of aromatic nitrogens is 3. The van der Waals surface area contributed by atoms with E-state index >= 15 is 0 Å². The molecule has 4 heterocycles. The Morgan fingerprint density at radius 1 is 0.846 bits per heavy atom. The number of nitrogens with two attached hydrogens (primary N) is 1. The van der Waals surface area contributed by atoms with Crippen LogP contribution in [-0.4, -0.2) is 108 Å². The van der Waals surface area contributed by atoms with Crippen LogP contribution in [0.4, 0.5) is 21.5 Å². The van der Waals surface area contributed by atoms with E-state index in [0.29, 0.717) is 50.0 Å². The Morgan fingerprint density at radius 2 is 1.59 bits per heavy atom. The summed E-state index contributed by atoms with van der Waals surface area (Å²) in [6, 6.07) is 38.5. The molecule has 0 aliphatic carbocycles. The quantitative estimate of drug-likeness (QED) is 0.0403. The number of anilines is 3. The zero-order valence-corrected chi connectivity index (χ0v) is 46.0. The fourth-order valence-electron chi connectivity index (χ4n) is 10.1. The number of nitrogens with zero attached hydrogens (tertiary/aromatic N) is 4. The lowest BCUT2D eigenvalue weighted by Crippen LogP contribution is -2.48. The molecular formula is C61H69FN10O5S. The fraction of sp³-hybridized carbons (Fsp3) is 0.328. The van der Waals surface area contributed by atoms with Gasteiger partial charge in [0.1, 0.15) is 23.2 Å². The maximum atomic E-state index is 14.7. The maximum Gasteiger partial charge on any atom is 0.261 e. The number of nitrogens with one attached hydrogen (secondary N) is 5. The van der Waals surface area contributed by atoms with E-state index in [1.54, 1.807) is 24.5 Å². The van der Waals surface area contributed by atoms with Gasteiger partial charge in [0.2, 0.25) is 17.7 Å². The summed E-state index contributed by atoms with van der Waals surface area (Å²) in [6.07, 6.45) is 1.35. The number of rotatable bonds is 21. The molecular weight excluding hydrogens is 1000 g/mol. The minimum absolute atomic E-state index is 0.0266. The number of nitrogen functional groups attached to an aromatic ring is 1. The molecule has 8 aromatic rings. The number of halogens is 1. The molecule has 0 saturated carbocycles. The third-order valence-electron chi connectivity index (χ3n) is 14.8. The molecule has 17 heteroatoms. The monoisotopic (exact) mass is 1070 g/mol. The predicted octanol–water partition coefficient (Wildman–Crippen LogP) is 9.98. The molecule has 1 atom stereocenters. The number of fused-ring (bicyclic) bond motifs is 2. The molecule has 1 unspecified atom stereocenters. The van der Waals surface area contributed by atoms with Gasteiger partial charge in [-0.3, -0.25) is 29.0 Å². The highest BCUT2D eigenvalue weighted by Gasteiger charge is 2.31. The molecule has 0 bridgehead atoms. The number of ether oxygens (including phenoxy) is 1. The van der Waals surface area contributed by atoms with Crippen LogP contribution in [0, 0.1) is 11.2 Å². The second-order valence-corrected chi connectivity index (χ2v) is 22.3. The molecule has 0 spiro atoms. The van der Waals surface area contributed by atoms with Crippen LogP contribution < -0.4 is 32.1 Å². The molecule has 78 heavy (non-hydrogen) atoms. The Labute approximate surface area is 458 Å². The Kier molecular flexibility index (Phi) is 16.9. The van der Waals surface area contributed by atoms with Crippen LogP contribution in [0.25, 0.3) is 54.9 Å². The number of carbonyl (C=O) groups excluding carboxylic acids is 3. The van der Waals surface area contributed by atoms with Crippen molar-refractivity contribution in [3.8, 4) is 33.0 Å². The summed E-state index contributed by atoms with van der Waals surface area (Å²) in [4.78, 5) is 71.0. The number of pyridine rings is 1. The third-order valence-corrected chi connectivity index (χ3v) is 15.8. The second kappa shape index (κ2) is 23.9. The van der Waals surface area contributed by atoms with E-state index in [4.69, 9.17) is 10.5 Å². The Hall–Kier alpha value is -7.70. The lowest BCUT2D eigenvalue weighted by atomic mass is 9.88. The SMILES string of the molecule is CNC(=O)C(c1ccccc1)N(C)Cc1ccc(-c2cccc(-c3sccc3NC(=O)C(C)(C)CCOC(C)(C)CCC(=O)NCCN3CCN(c4ccc5nc(-c6c(N)c7c(F)cccc7[nH]c6=O)[nH]c5c4)CC3)c2)cc1. The van der Waals surface area contributed by atoms with Gasteiger partial charge in [-0.25, -0.2) is 9.37 Å². The van der Waals surface area contributed by atoms with Crippen LogP contribution in [0.2, 0.25) is 0 Å². The maximum absolute atomic E-state index is 14.7. The summed E-state index contributed by atoms with van der Waals surface area (Å²) < 4.78 is 21.0. The minimum atomic E-state index is -0.727. The molecule has 406 valence electrons. The van der Waals surface area contributed by atoms with E-state index in [0.717, 1.165) is 82.3 Å². The van der Waals surface area contributed by atoms with Gasteiger partial charge >= 0.3 is 0 Å². The number of H-pyrrole nitrogens is 2. The van der Waals surface area contributed by atoms with Crippen molar-refractivity contribution in [2.24, 2.45) is 5.41 Å². The Morgan fingerprint density at radius 3 is 2.35 bits per heavy atom. The zero-order valence-electron chi connectivity index (χ0n) is 45.2. The smallest absolute Gasteiger partial charge is 0.261 e. The van der Waals surface area contributed by atoms with Crippen LogP contribution in [0.5, 0.6) is 0 Å². The highest BCUT2D eigenvalue weighted by Crippen LogP contribution is 2.38. The van der Waals surface area contributed by atoms with Gasteiger partial charge in [-0.2, -0.15) is 0 Å². The number of hydrogen-bond acceptors (Lipinski definition) is 11. The first-order valence-electron chi connectivity index (χ1n) is 26.5. The van der Waals surface area contributed by atoms with E-state index in [1.807, 2.05) is 101 Å². The van der Waals surface area contributed by atoms with E-state index in [1.165, 1.54) is 12.1 Å². The van der Waals surface area contributed by atoms with Crippen molar-refractivity contribution >= 4 is 68.1 Å². The number of hydrogen-bond donors (Lipinski definition) is 6. The highest BCUT2D eigenvalue weighted by atomic mass is 32.1. The molecule has 7 N–H and O–H groups in total. The van der Waals surface area contributed by atoms with Crippen molar-refractivity contribution in [1.29, 1.82) is 0 Å². The van der Waals surface area contributed by atoms with Gasteiger partial charge in [-0.15, -0.1) is 11.3 Å². The largest absolute Gasteiger partial charge is 0.397 e. The van der Waals surface area contributed by atoms with Crippen LogP contribution >= 0.6 is 11.3 Å². The Bertz CT molecular complexity index is 3480. The standard InChI is InChI=1S/C61H69FN10O5S/c1-60(2,59(76)69-48-25-35-78-55(48)43-15-10-14-42(36-43)40-20-18-39(19-21-40)38-70(6)54(58(75)64-5)41-12-8-7-9-13-41)27-34-77-61(3,4)26-24-50(73)65-28-29-71-30-32-72(33-31-71)44-22-23-46-49(37-44)67-56(66-46)52-53(63)51-45(62)16-11-17-47(51)68-57(52)74/h7-23,25,35-37,54H,24,26-34,38H2,1-6H3,(H,64,75)(H,65,73)(H,66,67)(H,69,76)(H3,63,68,74). The number of carbonyl (C=O) groups is 3. The van der Waals surface area contributed by atoms with E-state index in [9.17, 15) is 23.6 Å². The van der Waals surface area contributed by atoms with Crippen molar-refractivity contribution in [2.45, 2.75) is 65.1 Å². The Balaban J connectivity index is 0.691. The van der Waals surface area contributed by atoms with Crippen LogP contribution in [0.1, 0.15) is 64.1 Å². The number of amides is 3. The molecule has 1 saturated heterocycles. The van der Waals surface area contributed by atoms with Gasteiger partial charge in [0.15, 0.2) is 0 Å². The van der Waals surface area contributed by atoms with Gasteiger partial charge in [0.25, 0.3) is 5.56 Å². The summed E-state index contributed by atoms with van der Waals surface area (Å²) >= 11 is 1.58. The summed E-state index contributed by atoms with van der Waals surface area (Å²) in [6.45, 7) is 13.3. The summed E-state index contributed by atoms with van der Waals surface area (Å²) in [5.41, 5.74) is 13.4. The van der Waals surface area contributed by atoms with Crippen LogP contribution in [0.15, 0.2) is 132 Å². The number of benzene rings is 5. The van der Waals surface area contributed by atoms with E-state index in [2.05, 4.69) is 88.1 Å². The van der Waals surface area contributed by atoms with E-state index in [-0.39, 0.29) is 40.2 Å². The molecule has 5 aromatic carbocycles. The number of aromatic amines is 2. The highest BCUT2D eigenvalue weighted by molar-refractivity contribution is 7.14. The average Bonchev–Trinajstić information content (AvgIpc) is 4.18. The first-order chi connectivity index (χ1) is 37.5. The summed E-state index contributed by atoms with van der Waals surface area (Å²) in [7, 11) is 3.63. The van der Waals surface area contributed by atoms with Gasteiger partial charge in [0, 0.05) is 77.0 Å². The van der Waals surface area contributed by atoms with Gasteiger partial charge in [-0.1, -0.05) is 92.7 Å². The summed E-state index contributed by atoms with van der Waals surface area (Å²) in [5.74, 6) is -0.419. The van der Waals surface area contributed by atoms with Gasteiger partial charge < -0.3 is 41.3 Å². The molecule has 1 aliphatic heterocycles. The van der Waals surface area contributed by atoms with Crippen molar-refractivity contribution in [3.05, 3.63) is 154 Å². The van der Waals surface area contributed by atoms with Crippen molar-refractivity contribution in [2.75, 3.05) is 75.9 Å². The lowest BCUT2D eigenvalue weighted by Gasteiger charge is -2.36. The first kappa shape index (κ1) is 55.1. The molecule has 15 nitrogen and oxygen atoms in total. The molecule has 0 radical (unpaired) electrons. The molecule has 3 aromatic heterocycles. The van der Waals surface area contributed by atoms with Gasteiger partial charge in [0.05, 0.1) is 43.8 Å². The van der Waals surface area contributed by atoms with Crippen molar-refractivity contribution < 1.29 is 23.5 Å². The van der Waals surface area contributed by atoms with Crippen LogP contribution in [-0.2, 0) is 25.7 Å². The number of piperazine rings is 1. The minimum Gasteiger partial charge on any atom is -0.397 e. The summed E-state index contributed by atoms with van der Waals surface area (Å²) in [5, 5.41) is 11.2. The lowest BCUT2D eigenvalue weighted by molar-refractivity contribution is -0.127. The number of likely N-dealkylation sites (N-methyl/N-ethyl adjacent to an activating group) is 2. The normalized spacial score (nSPS) is 13.8. The predicted molar refractivity (Wildman–Crippen MR) is 312 cm³/mol. The molecule has 3 amide bonds. The van der Waals surface area contributed by atoms with Crippen LogP contribution in [0.3, 0.4) is 0 Å². The molecule has 9 rings (SSSR count). The molecule has 1 fully saturated rings. The van der Waals surface area contributed by atoms with Crippen molar-refractivity contribution in [3.63, 3.8) is 0 Å². The topological polar surface area (TPSA) is 194 Å². The first-order valence-corrected chi connectivity index (χ1v) is 27.4. The molecule has 1 aliphatic rings. The van der Waals surface area contributed by atoms with Crippen molar-refractivity contribution in [1.82, 2.24) is 35.4 Å². The zero-order chi connectivity index (χ0) is 55.1.